The molecule has 0 saturated heterocycles. The molecule has 2 nitrogen and oxygen atoms in total. The normalized spacial score (nSPS) is 13.7. The van der Waals surface area contributed by atoms with Gasteiger partial charge in [-0.2, -0.15) is 0 Å². The van der Waals surface area contributed by atoms with Crippen molar-refractivity contribution >= 4 is 17.5 Å². The summed E-state index contributed by atoms with van der Waals surface area (Å²) in [5, 5.41) is 0. The molecule has 1 N–H and O–H groups in total. The summed E-state index contributed by atoms with van der Waals surface area (Å²) in [5.74, 6) is 0. The lowest BCUT2D eigenvalue weighted by Gasteiger charge is -2.03. The second kappa shape index (κ2) is 8.25. The molecule has 0 unspecified atom stereocenters. The van der Waals surface area contributed by atoms with Crippen molar-refractivity contribution in [2.75, 3.05) is 0 Å². The first-order chi connectivity index (χ1) is 16.4. The fraction of sp³-hybridized carbons (Fsp3) is 0. The quantitative estimate of drug-likeness (QED) is 0.307. The van der Waals surface area contributed by atoms with Crippen molar-refractivity contribution in [1.29, 1.82) is 0 Å². The monoisotopic (exact) mass is 422 g/mol. The van der Waals surface area contributed by atoms with E-state index in [2.05, 4.69) is 120 Å². The molecular weight excluding hydrogens is 400 g/mol. The van der Waals surface area contributed by atoms with Crippen molar-refractivity contribution < 1.29 is 0 Å². The number of fused-ring (bicyclic) bond motifs is 1. The van der Waals surface area contributed by atoms with E-state index in [4.69, 9.17) is 4.99 Å². The molecule has 0 bridgehead atoms. The Morgan fingerprint density at radius 2 is 1.06 bits per heavy atom. The number of nitrogens with zero attached hydrogens (tertiary/aromatic N) is 1. The Balaban J connectivity index is 1.53. The molecule has 0 aliphatic carbocycles. The Labute approximate surface area is 193 Å². The van der Waals surface area contributed by atoms with Crippen LogP contribution in [0.1, 0.15) is 22.4 Å². The van der Waals surface area contributed by atoms with Crippen LogP contribution in [-0.4, -0.2) is 10.7 Å². The highest BCUT2D eigenvalue weighted by Gasteiger charge is 2.22. The number of aromatic nitrogens is 1. The van der Waals surface area contributed by atoms with Crippen LogP contribution in [0.15, 0.2) is 126 Å². The van der Waals surface area contributed by atoms with Crippen molar-refractivity contribution in [1.82, 2.24) is 4.98 Å². The van der Waals surface area contributed by atoms with E-state index in [1.165, 1.54) is 22.3 Å². The fourth-order valence-corrected chi connectivity index (χ4v) is 4.43. The number of hydrogen-bond donors (Lipinski definition) is 1. The van der Waals surface area contributed by atoms with E-state index in [0.717, 1.165) is 33.9 Å². The highest BCUT2D eigenvalue weighted by molar-refractivity contribution is 6.21. The topological polar surface area (TPSA) is 28.1 Å². The summed E-state index contributed by atoms with van der Waals surface area (Å²) in [6, 6.07) is 42.1. The van der Waals surface area contributed by atoms with Crippen LogP contribution in [0.2, 0.25) is 0 Å². The smallest absolute Gasteiger partial charge is 0.0788 e. The summed E-state index contributed by atoms with van der Waals surface area (Å²) < 4.78 is 0. The zero-order chi connectivity index (χ0) is 22.0. The average molecular weight is 423 g/mol. The molecule has 6 rings (SSSR count). The number of nitrogens with one attached hydrogen (secondary N) is 1. The maximum absolute atomic E-state index is 5.10. The molecule has 0 fully saturated rings. The summed E-state index contributed by atoms with van der Waals surface area (Å²) >= 11 is 0. The third-order valence-corrected chi connectivity index (χ3v) is 6.04. The van der Waals surface area contributed by atoms with Crippen molar-refractivity contribution in [3.05, 3.63) is 144 Å². The van der Waals surface area contributed by atoms with Gasteiger partial charge in [0, 0.05) is 33.6 Å². The molecule has 1 aliphatic heterocycles. The van der Waals surface area contributed by atoms with Gasteiger partial charge >= 0.3 is 0 Å². The minimum Gasteiger partial charge on any atom is -0.354 e. The van der Waals surface area contributed by atoms with Crippen LogP contribution in [0.3, 0.4) is 0 Å². The second-order valence-electron chi connectivity index (χ2n) is 8.14. The van der Waals surface area contributed by atoms with Crippen LogP contribution >= 0.6 is 0 Å². The third-order valence-electron chi connectivity index (χ3n) is 6.04. The van der Waals surface area contributed by atoms with Gasteiger partial charge in [0.15, 0.2) is 0 Å². The maximum atomic E-state index is 5.10. The predicted molar refractivity (Wildman–Crippen MR) is 138 cm³/mol. The summed E-state index contributed by atoms with van der Waals surface area (Å²) in [7, 11) is 0. The van der Waals surface area contributed by atoms with Gasteiger partial charge in [-0.1, -0.05) is 115 Å². The van der Waals surface area contributed by atoms with E-state index < -0.39 is 0 Å². The lowest BCUT2D eigenvalue weighted by Crippen LogP contribution is -1.99. The van der Waals surface area contributed by atoms with Gasteiger partial charge in [0.2, 0.25) is 0 Å². The molecule has 0 spiro atoms. The van der Waals surface area contributed by atoms with Crippen LogP contribution in [0.5, 0.6) is 0 Å². The van der Waals surface area contributed by atoms with Gasteiger partial charge in [-0.05, 0) is 23.3 Å². The van der Waals surface area contributed by atoms with Gasteiger partial charge in [0.05, 0.1) is 11.4 Å². The lowest BCUT2D eigenvalue weighted by atomic mass is 9.99. The van der Waals surface area contributed by atoms with Crippen LogP contribution in [0, 0.1) is 0 Å². The second-order valence-corrected chi connectivity index (χ2v) is 8.14. The van der Waals surface area contributed by atoms with E-state index in [0.29, 0.717) is 0 Å². The molecule has 0 saturated carbocycles. The number of hydrogen-bond acceptors (Lipinski definition) is 1. The fourth-order valence-electron chi connectivity index (χ4n) is 4.43. The molecule has 33 heavy (non-hydrogen) atoms. The summed E-state index contributed by atoms with van der Waals surface area (Å²) in [6.45, 7) is 0. The van der Waals surface area contributed by atoms with E-state index in [-0.39, 0.29) is 0 Å². The molecular formula is C31H22N2. The number of aliphatic imine (C=N–C) groups is 1. The minimum absolute atomic E-state index is 0.975. The molecule has 156 valence electrons. The number of benzene rings is 4. The Morgan fingerprint density at radius 1 is 0.515 bits per heavy atom. The van der Waals surface area contributed by atoms with E-state index in [9.17, 15) is 0 Å². The van der Waals surface area contributed by atoms with Gasteiger partial charge in [-0.25, -0.2) is 4.99 Å². The van der Waals surface area contributed by atoms with Gasteiger partial charge in [0.25, 0.3) is 0 Å². The average Bonchev–Trinajstić information content (AvgIpc) is 3.48. The van der Waals surface area contributed by atoms with Gasteiger partial charge < -0.3 is 4.98 Å². The summed E-state index contributed by atoms with van der Waals surface area (Å²) in [6.07, 6.45) is 2.18. The first kappa shape index (κ1) is 19.3. The van der Waals surface area contributed by atoms with Gasteiger partial charge in [0.1, 0.15) is 0 Å². The van der Waals surface area contributed by atoms with Crippen molar-refractivity contribution in [2.24, 2.45) is 4.99 Å². The first-order valence-corrected chi connectivity index (χ1v) is 11.2. The summed E-state index contributed by atoms with van der Waals surface area (Å²) in [4.78, 5) is 8.76. The molecule has 5 aromatic rings. The van der Waals surface area contributed by atoms with Crippen molar-refractivity contribution in [3.63, 3.8) is 0 Å². The van der Waals surface area contributed by atoms with Crippen molar-refractivity contribution in [3.8, 4) is 22.4 Å². The van der Waals surface area contributed by atoms with E-state index in [1.54, 1.807) is 0 Å². The molecule has 0 radical (unpaired) electrons. The maximum Gasteiger partial charge on any atom is 0.0788 e. The standard InChI is InChI=1S/C31H22N2/c1-4-12-22(13-5-1)27-20-28(23-14-6-2-7-15-23)32-30(27)21-29-25-18-10-11-19-26(25)31(33-29)24-16-8-3-9-17-24/h1-21,32H/b29-21+. The number of H-pyrrole nitrogens is 1. The van der Waals surface area contributed by atoms with Crippen LogP contribution < -0.4 is 0 Å². The van der Waals surface area contributed by atoms with E-state index in [1.807, 2.05) is 12.1 Å². The Morgan fingerprint density at radius 3 is 1.73 bits per heavy atom. The molecule has 1 aromatic heterocycles. The Hall–Kier alpha value is -4.43. The lowest BCUT2D eigenvalue weighted by molar-refractivity contribution is 1.36. The summed E-state index contributed by atoms with van der Waals surface area (Å²) in [5.41, 5.74) is 11.1. The zero-order valence-electron chi connectivity index (χ0n) is 18.1. The van der Waals surface area contributed by atoms with Crippen LogP contribution in [-0.2, 0) is 0 Å². The highest BCUT2D eigenvalue weighted by Crippen LogP contribution is 2.36. The third kappa shape index (κ3) is 3.62. The molecule has 0 atom stereocenters. The SMILES string of the molecule is C(=C1\N=C(c2ccccc2)c2ccccc21)/c1[nH]c(-c2ccccc2)cc1-c1ccccc1. The first-order valence-electron chi connectivity index (χ1n) is 11.2. The number of aromatic amines is 1. The van der Waals surface area contributed by atoms with Crippen molar-refractivity contribution in [2.45, 2.75) is 0 Å². The predicted octanol–water partition coefficient (Wildman–Crippen LogP) is 7.70. The molecule has 2 heteroatoms. The number of rotatable bonds is 4. The Kier molecular flexibility index (Phi) is 4.82. The van der Waals surface area contributed by atoms with Gasteiger partial charge in [-0.3, -0.25) is 0 Å². The Bertz CT molecular complexity index is 1470. The minimum atomic E-state index is 0.975. The molecule has 2 heterocycles. The highest BCUT2D eigenvalue weighted by atomic mass is 14.8. The van der Waals surface area contributed by atoms with Crippen LogP contribution in [0.4, 0.5) is 0 Å². The van der Waals surface area contributed by atoms with E-state index >= 15 is 0 Å². The zero-order valence-corrected chi connectivity index (χ0v) is 18.1. The van der Waals surface area contributed by atoms with Gasteiger partial charge in [-0.15, -0.1) is 0 Å². The molecule has 4 aromatic carbocycles. The molecule has 1 aliphatic rings. The molecule has 0 amide bonds. The van der Waals surface area contributed by atoms with Crippen LogP contribution in [0.25, 0.3) is 34.2 Å². The largest absolute Gasteiger partial charge is 0.354 e.